The second-order valence-corrected chi connectivity index (χ2v) is 9.05. The lowest BCUT2D eigenvalue weighted by Gasteiger charge is -2.33. The minimum absolute atomic E-state index is 0.0794. The van der Waals surface area contributed by atoms with Gasteiger partial charge in [0.05, 0.1) is 22.0 Å². The van der Waals surface area contributed by atoms with E-state index >= 15 is 0 Å². The van der Waals surface area contributed by atoms with Gasteiger partial charge in [0.25, 0.3) is 0 Å². The summed E-state index contributed by atoms with van der Waals surface area (Å²) < 4.78 is 0. The first-order valence-corrected chi connectivity index (χ1v) is 9.74. The molecule has 0 radical (unpaired) electrons. The van der Waals surface area contributed by atoms with Crippen LogP contribution in [0.15, 0.2) is 22.7 Å². The van der Waals surface area contributed by atoms with E-state index in [2.05, 4.69) is 31.0 Å². The van der Waals surface area contributed by atoms with Crippen molar-refractivity contribution >= 4 is 28.9 Å². The lowest BCUT2D eigenvalue weighted by atomic mass is 9.70. The Hall–Kier alpha value is -1.27. The summed E-state index contributed by atoms with van der Waals surface area (Å²) in [5, 5.41) is 11.3. The summed E-state index contributed by atoms with van der Waals surface area (Å²) in [6.45, 7) is 6.95. The molecule has 0 aliphatic heterocycles. The molecular weight excluding hydrogens is 326 g/mol. The van der Waals surface area contributed by atoms with Gasteiger partial charge in [-0.3, -0.25) is 4.79 Å². The smallest absolute Gasteiger partial charge is 0.209 e. The predicted molar refractivity (Wildman–Crippen MR) is 92.3 cm³/mol. The van der Waals surface area contributed by atoms with Gasteiger partial charge in [0.2, 0.25) is 5.16 Å². The van der Waals surface area contributed by atoms with Gasteiger partial charge in [0.15, 0.2) is 5.78 Å². The van der Waals surface area contributed by atoms with Gasteiger partial charge in [-0.25, -0.2) is 4.98 Å². The standard InChI is InChI=1S/C17H19N3OS2/c1-16(2)10-6-7-17(16,3)14-13(10)19-20-15(18-14)23-9-11(21)12-5-4-8-22-12/h4-5,8,10H,6-7,9H2,1-3H3/t10-,17-/m1/s1. The second kappa shape index (κ2) is 5.11. The van der Waals surface area contributed by atoms with Crippen LogP contribution in [0.1, 0.15) is 60.6 Å². The van der Waals surface area contributed by atoms with Gasteiger partial charge < -0.3 is 0 Å². The summed E-state index contributed by atoms with van der Waals surface area (Å²) in [7, 11) is 0. The first-order valence-electron chi connectivity index (χ1n) is 7.88. The van der Waals surface area contributed by atoms with Crippen LogP contribution in [0.25, 0.3) is 0 Å². The van der Waals surface area contributed by atoms with Crippen LogP contribution in [-0.4, -0.2) is 26.7 Å². The first kappa shape index (κ1) is 15.3. The zero-order valence-corrected chi connectivity index (χ0v) is 15.1. The van der Waals surface area contributed by atoms with Crippen LogP contribution >= 0.6 is 23.1 Å². The maximum Gasteiger partial charge on any atom is 0.209 e. The number of Topliss-reactive ketones (excluding diaryl/α,β-unsaturated/α-hetero) is 1. The molecule has 0 spiro atoms. The fraction of sp³-hybridized carbons (Fsp3) is 0.529. The Bertz CT molecular complexity index is 772. The van der Waals surface area contributed by atoms with Gasteiger partial charge in [-0.05, 0) is 29.7 Å². The number of fused-ring (bicyclic) bond motifs is 5. The van der Waals surface area contributed by atoms with Crippen LogP contribution in [0.5, 0.6) is 0 Å². The van der Waals surface area contributed by atoms with Crippen LogP contribution in [-0.2, 0) is 5.41 Å². The van der Waals surface area contributed by atoms with E-state index in [-0.39, 0.29) is 16.6 Å². The second-order valence-electron chi connectivity index (χ2n) is 7.16. The molecule has 120 valence electrons. The van der Waals surface area contributed by atoms with Crippen molar-refractivity contribution in [2.75, 3.05) is 5.75 Å². The Morgan fingerprint density at radius 2 is 2.22 bits per heavy atom. The lowest BCUT2D eigenvalue weighted by molar-refractivity contribution is 0.102. The van der Waals surface area contributed by atoms with Crippen molar-refractivity contribution in [2.24, 2.45) is 5.41 Å². The van der Waals surface area contributed by atoms with Crippen molar-refractivity contribution in [2.45, 2.75) is 50.1 Å². The third-order valence-corrected chi connectivity index (χ3v) is 7.65. The largest absolute Gasteiger partial charge is 0.292 e. The van der Waals surface area contributed by atoms with Crippen LogP contribution < -0.4 is 0 Å². The fourth-order valence-electron chi connectivity index (χ4n) is 4.06. The zero-order chi connectivity index (χ0) is 16.2. The van der Waals surface area contributed by atoms with Gasteiger partial charge >= 0.3 is 0 Å². The van der Waals surface area contributed by atoms with Gasteiger partial charge in [-0.15, -0.1) is 16.4 Å². The van der Waals surface area contributed by atoms with Crippen LogP contribution in [0, 0.1) is 5.41 Å². The molecule has 2 atom stereocenters. The van der Waals surface area contributed by atoms with Gasteiger partial charge in [0, 0.05) is 11.3 Å². The third-order valence-electron chi connectivity index (χ3n) is 5.90. The number of nitrogens with zero attached hydrogens (tertiary/aromatic N) is 3. The number of ketones is 1. The molecule has 4 rings (SSSR count). The molecule has 1 saturated carbocycles. The van der Waals surface area contributed by atoms with Crippen molar-refractivity contribution in [3.8, 4) is 0 Å². The molecule has 2 aromatic rings. The SMILES string of the molecule is CC1(C)[C@@H]2CC[C@]1(C)c1nc(SCC(=O)c3cccs3)nnc12. The quantitative estimate of drug-likeness (QED) is 0.617. The minimum Gasteiger partial charge on any atom is -0.292 e. The monoisotopic (exact) mass is 345 g/mol. The number of hydrogen-bond acceptors (Lipinski definition) is 6. The number of aromatic nitrogens is 3. The number of thiophene rings is 1. The number of rotatable bonds is 4. The van der Waals surface area contributed by atoms with E-state index in [4.69, 9.17) is 4.98 Å². The maximum absolute atomic E-state index is 12.1. The van der Waals surface area contributed by atoms with E-state index in [0.29, 0.717) is 16.8 Å². The van der Waals surface area contributed by atoms with Crippen LogP contribution in [0.4, 0.5) is 0 Å². The molecule has 2 heterocycles. The minimum atomic E-state index is 0.0794. The molecule has 0 aromatic carbocycles. The fourth-order valence-corrected chi connectivity index (χ4v) is 5.49. The Kier molecular flexibility index (Phi) is 3.39. The third kappa shape index (κ3) is 2.11. The molecule has 1 fully saturated rings. The summed E-state index contributed by atoms with van der Waals surface area (Å²) >= 11 is 2.87. The van der Waals surface area contributed by atoms with Gasteiger partial charge in [-0.2, -0.15) is 5.10 Å². The highest BCUT2D eigenvalue weighted by molar-refractivity contribution is 7.99. The predicted octanol–water partition coefficient (Wildman–Crippen LogP) is 4.08. The lowest BCUT2D eigenvalue weighted by Crippen LogP contribution is -2.32. The van der Waals surface area contributed by atoms with Crippen molar-refractivity contribution < 1.29 is 4.79 Å². The Morgan fingerprint density at radius 1 is 1.39 bits per heavy atom. The summed E-state index contributed by atoms with van der Waals surface area (Å²) in [6, 6.07) is 3.76. The molecule has 2 aliphatic carbocycles. The zero-order valence-electron chi connectivity index (χ0n) is 13.5. The summed E-state index contributed by atoms with van der Waals surface area (Å²) in [6.07, 6.45) is 2.34. The molecule has 0 N–H and O–H groups in total. The summed E-state index contributed by atoms with van der Waals surface area (Å²) in [5.41, 5.74) is 2.46. The van der Waals surface area contributed by atoms with E-state index in [9.17, 15) is 4.79 Å². The highest BCUT2D eigenvalue weighted by atomic mass is 32.2. The van der Waals surface area contributed by atoms with Crippen molar-refractivity contribution in [1.29, 1.82) is 0 Å². The van der Waals surface area contributed by atoms with E-state index < -0.39 is 0 Å². The number of hydrogen-bond donors (Lipinski definition) is 0. The van der Waals surface area contributed by atoms with Crippen LogP contribution in [0.3, 0.4) is 0 Å². The molecule has 2 aliphatic rings. The van der Waals surface area contributed by atoms with E-state index in [1.165, 1.54) is 29.5 Å². The van der Waals surface area contributed by atoms with Crippen molar-refractivity contribution in [3.63, 3.8) is 0 Å². The summed E-state index contributed by atoms with van der Waals surface area (Å²) in [5.74, 6) is 0.960. The Morgan fingerprint density at radius 3 is 2.96 bits per heavy atom. The molecule has 0 saturated heterocycles. The normalized spacial score (nSPS) is 27.2. The molecule has 2 aromatic heterocycles. The van der Waals surface area contributed by atoms with Gasteiger partial charge in [-0.1, -0.05) is 38.6 Å². The first-order chi connectivity index (χ1) is 10.9. The Balaban J connectivity index is 1.57. The topological polar surface area (TPSA) is 55.7 Å². The molecular formula is C17H19N3OS2. The van der Waals surface area contributed by atoms with E-state index in [1.54, 1.807) is 0 Å². The maximum atomic E-state index is 12.1. The number of carbonyl (C=O) groups excluding carboxylic acids is 1. The average Bonchev–Trinajstić information content (AvgIpc) is 3.17. The number of thioether (sulfide) groups is 1. The molecule has 6 heteroatoms. The highest BCUT2D eigenvalue weighted by Gasteiger charge is 2.61. The van der Waals surface area contributed by atoms with Crippen LogP contribution in [0.2, 0.25) is 0 Å². The highest BCUT2D eigenvalue weighted by Crippen LogP contribution is 2.66. The molecule has 0 amide bonds. The van der Waals surface area contributed by atoms with Gasteiger partial charge in [0.1, 0.15) is 0 Å². The molecule has 2 bridgehead atoms. The summed E-state index contributed by atoms with van der Waals surface area (Å²) in [4.78, 5) is 17.7. The van der Waals surface area contributed by atoms with Crippen molar-refractivity contribution in [1.82, 2.24) is 15.2 Å². The average molecular weight is 345 g/mol. The Labute approximate surface area is 144 Å². The molecule has 4 nitrogen and oxygen atoms in total. The van der Waals surface area contributed by atoms with E-state index in [0.717, 1.165) is 22.7 Å². The molecule has 23 heavy (non-hydrogen) atoms. The molecule has 0 unspecified atom stereocenters. The number of carbonyl (C=O) groups is 1. The van der Waals surface area contributed by atoms with E-state index in [1.807, 2.05) is 17.5 Å². The van der Waals surface area contributed by atoms with Crippen molar-refractivity contribution in [3.05, 3.63) is 33.8 Å².